The Kier molecular flexibility index (Phi) is 9.12. The van der Waals surface area contributed by atoms with Crippen molar-refractivity contribution < 1.29 is 38.1 Å². The number of barbiturate groups is 1. The van der Waals surface area contributed by atoms with Crippen LogP contribution in [0.4, 0.5) is 10.5 Å². The van der Waals surface area contributed by atoms with Gasteiger partial charge in [-0.25, -0.2) is 9.69 Å². The van der Waals surface area contributed by atoms with E-state index in [0.29, 0.717) is 28.1 Å². The number of anilines is 1. The molecular formula is C25H26BrN3O8. The number of ether oxygens (including phenoxy) is 4. The van der Waals surface area contributed by atoms with Gasteiger partial charge in [0.2, 0.25) is 0 Å². The molecule has 0 radical (unpaired) electrons. The highest BCUT2D eigenvalue weighted by Gasteiger charge is 2.37. The van der Waals surface area contributed by atoms with Gasteiger partial charge < -0.3 is 24.7 Å². The van der Waals surface area contributed by atoms with Gasteiger partial charge in [0.15, 0.2) is 29.6 Å². The highest BCUT2D eigenvalue weighted by atomic mass is 79.9. The van der Waals surface area contributed by atoms with Crippen LogP contribution in [0.15, 0.2) is 40.4 Å². The summed E-state index contributed by atoms with van der Waals surface area (Å²) in [5, 5.41) is 2.18. The van der Waals surface area contributed by atoms with Crippen LogP contribution in [0.1, 0.15) is 25.8 Å². The van der Waals surface area contributed by atoms with E-state index in [1.165, 1.54) is 31.4 Å². The molecule has 0 aromatic heterocycles. The van der Waals surface area contributed by atoms with Crippen LogP contribution < -0.4 is 34.9 Å². The molecule has 0 spiro atoms. The Morgan fingerprint density at radius 2 is 1.81 bits per heavy atom. The summed E-state index contributed by atoms with van der Waals surface area (Å²) in [6.45, 7) is 4.08. The topological polar surface area (TPSA) is 146 Å². The molecule has 11 nitrogen and oxygen atoms in total. The number of carbonyl (C=O) groups excluding carboxylic acids is 4. The second-order valence-corrected chi connectivity index (χ2v) is 8.51. The molecule has 0 unspecified atom stereocenters. The Morgan fingerprint density at radius 1 is 1.05 bits per heavy atom. The number of urea groups is 1. The summed E-state index contributed by atoms with van der Waals surface area (Å²) in [6, 6.07) is 6.78. The van der Waals surface area contributed by atoms with Crippen molar-refractivity contribution in [2.45, 2.75) is 20.3 Å². The molecule has 37 heavy (non-hydrogen) atoms. The quantitative estimate of drug-likeness (QED) is 0.307. The van der Waals surface area contributed by atoms with Gasteiger partial charge in [0.1, 0.15) is 5.57 Å². The van der Waals surface area contributed by atoms with Crippen molar-refractivity contribution >= 4 is 51.4 Å². The molecule has 1 heterocycles. The zero-order valence-electron chi connectivity index (χ0n) is 20.5. The van der Waals surface area contributed by atoms with Gasteiger partial charge in [-0.2, -0.15) is 0 Å². The minimum atomic E-state index is -0.900. The zero-order valence-corrected chi connectivity index (χ0v) is 22.0. The summed E-state index contributed by atoms with van der Waals surface area (Å²) in [5.74, 6) is -1.09. The van der Waals surface area contributed by atoms with Crippen LogP contribution in [0, 0.1) is 0 Å². The minimum Gasteiger partial charge on any atom is -0.493 e. The smallest absolute Gasteiger partial charge is 0.335 e. The minimum absolute atomic E-state index is 0.188. The SMILES string of the molecule is CCCOc1ccc(N2C(=O)NC(=O)/C(=C\c3cc(Br)c(OCC(N)=O)c(OCC)c3)C2=O)cc1OC. The Bertz CT molecular complexity index is 1260. The predicted molar refractivity (Wildman–Crippen MR) is 138 cm³/mol. The van der Waals surface area contributed by atoms with E-state index < -0.39 is 23.8 Å². The first-order chi connectivity index (χ1) is 17.7. The standard InChI is InChI=1S/C25H26BrN3O8/c1-4-8-36-18-7-6-15(12-19(18)34-3)29-24(32)16(23(31)28-25(29)33)9-14-10-17(26)22(37-13-21(27)30)20(11-14)35-5-2/h6-7,9-12H,4-5,8,13H2,1-3H3,(H2,27,30)(H,28,31,33)/b16-9+. The van der Waals surface area contributed by atoms with Gasteiger partial charge in [0.25, 0.3) is 17.7 Å². The number of halogens is 1. The number of carbonyl (C=O) groups is 4. The third kappa shape index (κ3) is 6.39. The maximum atomic E-state index is 13.3. The summed E-state index contributed by atoms with van der Waals surface area (Å²) in [7, 11) is 1.44. The number of nitrogens with two attached hydrogens (primary N) is 1. The normalized spacial score (nSPS) is 14.4. The highest BCUT2D eigenvalue weighted by Crippen LogP contribution is 2.38. The number of methoxy groups -OCH3 is 1. The molecule has 3 N–H and O–H groups in total. The maximum Gasteiger partial charge on any atom is 0.335 e. The molecule has 1 fully saturated rings. The number of rotatable bonds is 11. The van der Waals surface area contributed by atoms with Crippen molar-refractivity contribution in [1.82, 2.24) is 5.32 Å². The van der Waals surface area contributed by atoms with Gasteiger partial charge in [-0.05, 0) is 65.2 Å². The number of nitrogens with one attached hydrogen (secondary N) is 1. The fourth-order valence-electron chi connectivity index (χ4n) is 3.40. The lowest BCUT2D eigenvalue weighted by Crippen LogP contribution is -2.54. The first kappa shape index (κ1) is 27.5. The number of hydrogen-bond acceptors (Lipinski definition) is 8. The molecule has 0 saturated carbocycles. The van der Waals surface area contributed by atoms with Crippen molar-refractivity contribution in [3.05, 3.63) is 45.9 Å². The molecule has 2 aromatic rings. The van der Waals surface area contributed by atoms with Crippen molar-refractivity contribution in [1.29, 1.82) is 0 Å². The number of amides is 5. The summed E-state index contributed by atoms with van der Waals surface area (Å²) in [4.78, 5) is 50.6. The van der Waals surface area contributed by atoms with Crippen LogP contribution in [-0.2, 0) is 14.4 Å². The van der Waals surface area contributed by atoms with Crippen molar-refractivity contribution in [2.75, 3.05) is 31.8 Å². The Morgan fingerprint density at radius 3 is 2.46 bits per heavy atom. The van der Waals surface area contributed by atoms with Crippen LogP contribution >= 0.6 is 15.9 Å². The first-order valence-corrected chi connectivity index (χ1v) is 12.1. The first-order valence-electron chi connectivity index (χ1n) is 11.3. The number of primary amides is 1. The molecule has 0 bridgehead atoms. The Labute approximate surface area is 221 Å². The van der Waals surface area contributed by atoms with Gasteiger partial charge in [-0.3, -0.25) is 19.7 Å². The molecule has 2 aromatic carbocycles. The lowest BCUT2D eigenvalue weighted by Gasteiger charge is -2.27. The summed E-state index contributed by atoms with van der Waals surface area (Å²) >= 11 is 3.35. The van der Waals surface area contributed by atoms with Crippen molar-refractivity contribution in [3.8, 4) is 23.0 Å². The van der Waals surface area contributed by atoms with E-state index in [9.17, 15) is 19.2 Å². The van der Waals surface area contributed by atoms with Gasteiger partial charge in [0, 0.05) is 6.07 Å². The largest absolute Gasteiger partial charge is 0.493 e. The molecular weight excluding hydrogens is 550 g/mol. The average molecular weight is 576 g/mol. The van der Waals surface area contributed by atoms with Crippen LogP contribution in [0.2, 0.25) is 0 Å². The number of imide groups is 2. The van der Waals surface area contributed by atoms with Crippen LogP contribution in [0.5, 0.6) is 23.0 Å². The van der Waals surface area contributed by atoms with Gasteiger partial charge in [0.05, 0.1) is 30.5 Å². The Balaban J connectivity index is 1.99. The predicted octanol–water partition coefficient (Wildman–Crippen LogP) is 3.18. The fourth-order valence-corrected chi connectivity index (χ4v) is 3.98. The molecule has 196 valence electrons. The monoisotopic (exact) mass is 575 g/mol. The van der Waals surface area contributed by atoms with E-state index in [2.05, 4.69) is 21.2 Å². The van der Waals surface area contributed by atoms with Gasteiger partial charge in [-0.15, -0.1) is 0 Å². The van der Waals surface area contributed by atoms with Crippen molar-refractivity contribution in [2.24, 2.45) is 5.73 Å². The second-order valence-electron chi connectivity index (χ2n) is 7.66. The molecule has 3 rings (SSSR count). The highest BCUT2D eigenvalue weighted by molar-refractivity contribution is 9.10. The molecule has 1 aliphatic heterocycles. The lowest BCUT2D eigenvalue weighted by molar-refractivity contribution is -0.123. The molecule has 12 heteroatoms. The third-order valence-corrected chi connectivity index (χ3v) is 5.56. The van der Waals surface area contributed by atoms with E-state index in [0.717, 1.165) is 11.3 Å². The van der Waals surface area contributed by atoms with E-state index in [-0.39, 0.29) is 36.0 Å². The van der Waals surface area contributed by atoms with Crippen molar-refractivity contribution in [3.63, 3.8) is 0 Å². The second kappa shape index (κ2) is 12.3. The van der Waals surface area contributed by atoms with E-state index in [1.807, 2.05) is 6.92 Å². The van der Waals surface area contributed by atoms with E-state index in [1.54, 1.807) is 19.1 Å². The molecule has 1 aliphatic rings. The maximum absolute atomic E-state index is 13.3. The average Bonchev–Trinajstić information content (AvgIpc) is 2.85. The Hall–Kier alpha value is -4.06. The summed E-state index contributed by atoms with van der Waals surface area (Å²) in [6.07, 6.45) is 2.10. The fraction of sp³-hybridized carbons (Fsp3) is 0.280. The number of hydrogen-bond donors (Lipinski definition) is 2. The van der Waals surface area contributed by atoms with Crippen LogP contribution in [0.3, 0.4) is 0 Å². The van der Waals surface area contributed by atoms with Crippen LogP contribution in [0.25, 0.3) is 6.08 Å². The zero-order chi connectivity index (χ0) is 27.1. The molecule has 5 amide bonds. The van der Waals surface area contributed by atoms with E-state index in [4.69, 9.17) is 24.7 Å². The third-order valence-electron chi connectivity index (χ3n) is 4.97. The number of nitrogens with zero attached hydrogens (tertiary/aromatic N) is 1. The lowest BCUT2D eigenvalue weighted by atomic mass is 10.1. The summed E-state index contributed by atoms with van der Waals surface area (Å²) < 4.78 is 22.4. The molecule has 1 saturated heterocycles. The van der Waals surface area contributed by atoms with Gasteiger partial charge >= 0.3 is 6.03 Å². The van der Waals surface area contributed by atoms with Gasteiger partial charge in [-0.1, -0.05) is 6.92 Å². The number of benzene rings is 2. The van der Waals surface area contributed by atoms with E-state index >= 15 is 0 Å². The van der Waals surface area contributed by atoms with Crippen LogP contribution in [-0.4, -0.2) is 50.7 Å². The molecule has 0 atom stereocenters. The molecule has 0 aliphatic carbocycles. The summed E-state index contributed by atoms with van der Waals surface area (Å²) in [5.41, 5.74) is 5.46.